The molecule has 2 heterocycles. The third kappa shape index (κ3) is 2.03. The van der Waals surface area contributed by atoms with Crippen LogP contribution in [-0.4, -0.2) is 23.4 Å². The maximum atomic E-state index is 10.8. The van der Waals surface area contributed by atoms with Crippen LogP contribution in [0.4, 0.5) is 4.79 Å². The Morgan fingerprint density at radius 2 is 2.21 bits per heavy atom. The van der Waals surface area contributed by atoms with Crippen LogP contribution in [-0.2, 0) is 4.84 Å². The zero-order chi connectivity index (χ0) is 9.97. The fourth-order valence-electron chi connectivity index (χ4n) is 1.92. The Balaban J connectivity index is 1.94. The highest BCUT2D eigenvalue weighted by atomic mass is 32.2. The number of nitrogens with zero attached hydrogens (tertiary/aromatic N) is 1. The quantitative estimate of drug-likeness (QED) is 0.536. The Bertz CT molecular complexity index is 260. The van der Waals surface area contributed by atoms with Gasteiger partial charge in [-0.25, -0.2) is 4.79 Å². The number of amides is 1. The highest BCUT2D eigenvalue weighted by Gasteiger charge is 2.34. The van der Waals surface area contributed by atoms with Gasteiger partial charge in [0.05, 0.1) is 0 Å². The van der Waals surface area contributed by atoms with Crippen molar-refractivity contribution >= 4 is 22.9 Å². The van der Waals surface area contributed by atoms with Crippen molar-refractivity contribution in [2.45, 2.75) is 30.9 Å². The van der Waals surface area contributed by atoms with Gasteiger partial charge in [0.1, 0.15) is 5.04 Å². The third-order valence-electron chi connectivity index (χ3n) is 2.73. The monoisotopic (exact) mass is 214 g/mol. The van der Waals surface area contributed by atoms with Crippen LogP contribution in [0.25, 0.3) is 0 Å². The van der Waals surface area contributed by atoms with Gasteiger partial charge in [-0.1, -0.05) is 5.16 Å². The molecule has 0 radical (unpaired) electrons. The summed E-state index contributed by atoms with van der Waals surface area (Å²) in [5.74, 6) is 0.537. The van der Waals surface area contributed by atoms with Crippen LogP contribution in [0.3, 0.4) is 0 Å². The first-order valence-electron chi connectivity index (χ1n) is 4.93. The average molecular weight is 214 g/mol. The van der Waals surface area contributed by atoms with E-state index in [1.165, 1.54) is 32.7 Å². The lowest BCUT2D eigenvalue weighted by atomic mass is 9.89. The van der Waals surface area contributed by atoms with Crippen molar-refractivity contribution in [1.82, 2.24) is 5.32 Å². The summed E-state index contributed by atoms with van der Waals surface area (Å²) in [6.45, 7) is 0. The molecule has 0 aromatic rings. The highest BCUT2D eigenvalue weighted by Crippen LogP contribution is 2.42. The second-order valence-electron chi connectivity index (χ2n) is 3.65. The van der Waals surface area contributed by atoms with Crippen LogP contribution in [0.2, 0.25) is 0 Å². The summed E-state index contributed by atoms with van der Waals surface area (Å²) < 4.78 is 0. The largest absolute Gasteiger partial charge is 0.433 e. The number of rotatable bonds is 1. The fraction of sp³-hybridized carbons (Fsp3) is 0.778. The summed E-state index contributed by atoms with van der Waals surface area (Å²) in [7, 11) is 1.53. The summed E-state index contributed by atoms with van der Waals surface area (Å²) in [6.07, 6.45) is 4.49. The van der Waals surface area contributed by atoms with Crippen molar-refractivity contribution in [1.29, 1.82) is 0 Å². The van der Waals surface area contributed by atoms with Crippen molar-refractivity contribution in [2.75, 3.05) is 7.05 Å². The summed E-state index contributed by atoms with van der Waals surface area (Å²) >= 11 is 1.78. The summed E-state index contributed by atoms with van der Waals surface area (Å²) in [4.78, 5) is 15.5. The van der Waals surface area contributed by atoms with E-state index in [1.54, 1.807) is 11.8 Å². The predicted molar refractivity (Wildman–Crippen MR) is 56.3 cm³/mol. The predicted octanol–water partition coefficient (Wildman–Crippen LogP) is 1.96. The van der Waals surface area contributed by atoms with E-state index in [2.05, 4.69) is 10.5 Å². The Hall–Kier alpha value is -0.710. The first-order valence-corrected chi connectivity index (χ1v) is 5.81. The number of hydrogen-bond donors (Lipinski definition) is 1. The zero-order valence-electron chi connectivity index (χ0n) is 8.16. The van der Waals surface area contributed by atoms with Crippen LogP contribution in [0.1, 0.15) is 25.7 Å². The van der Waals surface area contributed by atoms with E-state index in [0.717, 1.165) is 5.04 Å². The third-order valence-corrected chi connectivity index (χ3v) is 4.19. The number of carbonyl (C=O) groups excluding carboxylic acids is 1. The van der Waals surface area contributed by atoms with Gasteiger partial charge in [0, 0.05) is 18.2 Å². The van der Waals surface area contributed by atoms with E-state index >= 15 is 0 Å². The second-order valence-corrected chi connectivity index (χ2v) is 4.97. The van der Waals surface area contributed by atoms with Crippen LogP contribution < -0.4 is 5.32 Å². The van der Waals surface area contributed by atoms with Gasteiger partial charge in [0.15, 0.2) is 0 Å². The van der Waals surface area contributed by atoms with Crippen molar-refractivity contribution in [3.8, 4) is 0 Å². The minimum atomic E-state index is -0.487. The van der Waals surface area contributed by atoms with Crippen molar-refractivity contribution in [3.05, 3.63) is 0 Å². The summed E-state index contributed by atoms with van der Waals surface area (Å²) in [5, 5.41) is 7.99. The molecule has 3 fully saturated rings. The Morgan fingerprint density at radius 1 is 1.50 bits per heavy atom. The van der Waals surface area contributed by atoms with Gasteiger partial charge in [0.25, 0.3) is 0 Å². The minimum Gasteiger partial charge on any atom is -0.323 e. The molecule has 4 nitrogen and oxygen atoms in total. The molecule has 1 amide bonds. The number of thioether (sulfide) groups is 1. The zero-order valence-corrected chi connectivity index (χ0v) is 8.97. The molecule has 0 aromatic heterocycles. The minimum absolute atomic E-state index is 0.487. The van der Waals surface area contributed by atoms with E-state index in [-0.39, 0.29) is 0 Å². The molecule has 3 rings (SSSR count). The number of hydrogen-bond acceptors (Lipinski definition) is 4. The van der Waals surface area contributed by atoms with Gasteiger partial charge in [-0.05, 0) is 25.7 Å². The molecule has 0 atom stereocenters. The SMILES string of the molecule is CNC(=O)O/N=C1/SC2CCC1CC2. The number of fused-ring (bicyclic) bond motifs is 3. The van der Waals surface area contributed by atoms with Crippen LogP contribution in [0.5, 0.6) is 0 Å². The lowest BCUT2D eigenvalue weighted by Crippen LogP contribution is -2.30. The smallest absolute Gasteiger partial charge is 0.323 e. The number of nitrogens with one attached hydrogen (secondary N) is 1. The molecule has 2 saturated heterocycles. The Kier molecular flexibility index (Phi) is 2.96. The average Bonchev–Trinajstić information content (AvgIpc) is 2.27. The van der Waals surface area contributed by atoms with E-state index in [9.17, 15) is 4.79 Å². The van der Waals surface area contributed by atoms with Crippen LogP contribution in [0, 0.1) is 5.92 Å². The summed E-state index contributed by atoms with van der Waals surface area (Å²) in [6, 6.07) is 0. The molecule has 5 heteroatoms. The standard InChI is InChI=1S/C9H14N2O2S/c1-10-9(12)13-11-8-6-2-4-7(14-8)5-3-6/h6-7H,2-5H2,1H3,(H,10,12)/b11-8+. The molecule has 2 bridgehead atoms. The Labute approximate surface area is 87.4 Å². The number of oxime groups is 1. The van der Waals surface area contributed by atoms with Gasteiger partial charge >= 0.3 is 6.09 Å². The van der Waals surface area contributed by atoms with E-state index in [0.29, 0.717) is 11.2 Å². The van der Waals surface area contributed by atoms with Gasteiger partial charge in [-0.2, -0.15) is 0 Å². The van der Waals surface area contributed by atoms with Crippen LogP contribution in [0.15, 0.2) is 5.16 Å². The van der Waals surface area contributed by atoms with Crippen molar-refractivity contribution < 1.29 is 9.63 Å². The molecule has 3 aliphatic rings. The first-order chi connectivity index (χ1) is 6.79. The molecular weight excluding hydrogens is 200 g/mol. The molecule has 1 N–H and O–H groups in total. The molecule has 0 unspecified atom stereocenters. The molecule has 78 valence electrons. The van der Waals surface area contributed by atoms with Crippen molar-refractivity contribution in [3.63, 3.8) is 0 Å². The lowest BCUT2D eigenvalue weighted by Gasteiger charge is -2.35. The molecular formula is C9H14N2O2S. The molecule has 1 saturated carbocycles. The van der Waals surface area contributed by atoms with Gasteiger partial charge < -0.3 is 5.32 Å². The molecule has 2 aliphatic heterocycles. The molecule has 14 heavy (non-hydrogen) atoms. The normalized spacial score (nSPS) is 33.1. The van der Waals surface area contributed by atoms with Gasteiger partial charge in [-0.15, -0.1) is 11.8 Å². The number of carbonyl (C=O) groups is 1. The van der Waals surface area contributed by atoms with Gasteiger partial charge in [0.2, 0.25) is 0 Å². The highest BCUT2D eigenvalue weighted by molar-refractivity contribution is 8.14. The van der Waals surface area contributed by atoms with Gasteiger partial charge in [-0.3, -0.25) is 4.84 Å². The second kappa shape index (κ2) is 4.21. The van der Waals surface area contributed by atoms with Crippen molar-refractivity contribution in [2.24, 2.45) is 11.1 Å². The van der Waals surface area contributed by atoms with E-state index in [4.69, 9.17) is 4.84 Å². The maximum absolute atomic E-state index is 10.8. The van der Waals surface area contributed by atoms with Crippen LogP contribution >= 0.6 is 11.8 Å². The topological polar surface area (TPSA) is 50.7 Å². The summed E-state index contributed by atoms with van der Waals surface area (Å²) in [5.41, 5.74) is 0. The maximum Gasteiger partial charge on any atom is 0.433 e. The molecule has 1 aliphatic carbocycles. The van der Waals surface area contributed by atoms with E-state index in [1.807, 2.05) is 0 Å². The first kappa shape index (κ1) is 9.83. The Morgan fingerprint density at radius 3 is 2.71 bits per heavy atom. The van der Waals surface area contributed by atoms with E-state index < -0.39 is 6.09 Å². The lowest BCUT2D eigenvalue weighted by molar-refractivity contribution is 0.152. The molecule has 0 aromatic carbocycles. The fourth-order valence-corrected chi connectivity index (χ4v) is 3.28. The molecule has 0 spiro atoms.